The maximum absolute atomic E-state index is 14.2. The van der Waals surface area contributed by atoms with Crippen LogP contribution in [0.2, 0.25) is 0 Å². The standard InChI is InChI=1S/C21H30FN5O.HI/c1-23-21(24-14-16-8-9-18(26(2)3)17(22)13-16)25-15-19(20-7-6-12-28-20)27-10-4-5-11-27;/h6-9,12-13,19H,4-5,10-11,14-15H2,1-3H3,(H2,23,24,25);1H. The molecule has 6 nitrogen and oxygen atoms in total. The maximum Gasteiger partial charge on any atom is 0.191 e. The third-order valence-corrected chi connectivity index (χ3v) is 5.09. The number of furan rings is 1. The Labute approximate surface area is 189 Å². The van der Waals surface area contributed by atoms with E-state index in [9.17, 15) is 4.39 Å². The van der Waals surface area contributed by atoms with Crippen molar-refractivity contribution in [3.05, 3.63) is 53.7 Å². The summed E-state index contributed by atoms with van der Waals surface area (Å²) in [6, 6.07) is 9.41. The summed E-state index contributed by atoms with van der Waals surface area (Å²) in [6.07, 6.45) is 4.16. The Balaban J connectivity index is 0.00000300. The van der Waals surface area contributed by atoms with Gasteiger partial charge in [-0.25, -0.2) is 4.39 Å². The molecule has 1 unspecified atom stereocenters. The van der Waals surface area contributed by atoms with E-state index < -0.39 is 0 Å². The van der Waals surface area contributed by atoms with Crippen molar-refractivity contribution in [3.63, 3.8) is 0 Å². The fourth-order valence-electron chi connectivity index (χ4n) is 3.57. The first kappa shape index (κ1) is 23.5. The van der Waals surface area contributed by atoms with Crippen LogP contribution in [0.1, 0.15) is 30.2 Å². The highest BCUT2D eigenvalue weighted by molar-refractivity contribution is 14.0. The van der Waals surface area contributed by atoms with Gasteiger partial charge in [-0.15, -0.1) is 24.0 Å². The summed E-state index contributed by atoms with van der Waals surface area (Å²) in [5.41, 5.74) is 1.45. The van der Waals surface area contributed by atoms with Gasteiger partial charge in [-0.05, 0) is 55.8 Å². The van der Waals surface area contributed by atoms with Crippen LogP contribution in [0, 0.1) is 5.82 Å². The first-order valence-electron chi connectivity index (χ1n) is 9.76. The number of likely N-dealkylation sites (tertiary alicyclic amines) is 1. The molecule has 1 aliphatic heterocycles. The average molecular weight is 515 g/mol. The van der Waals surface area contributed by atoms with Gasteiger partial charge in [-0.2, -0.15) is 0 Å². The molecule has 0 spiro atoms. The van der Waals surface area contributed by atoms with Gasteiger partial charge in [0, 0.05) is 34.2 Å². The monoisotopic (exact) mass is 515 g/mol. The average Bonchev–Trinajstić information content (AvgIpc) is 3.38. The Morgan fingerprint density at radius 2 is 2.00 bits per heavy atom. The number of hydrogen-bond donors (Lipinski definition) is 2. The lowest BCUT2D eigenvalue weighted by molar-refractivity contribution is 0.215. The number of benzene rings is 1. The molecule has 0 aliphatic carbocycles. The Kier molecular flexibility index (Phi) is 9.22. The van der Waals surface area contributed by atoms with Crippen molar-refractivity contribution in [2.24, 2.45) is 4.99 Å². The van der Waals surface area contributed by atoms with Crippen LogP contribution in [-0.4, -0.2) is 51.6 Å². The summed E-state index contributed by atoms with van der Waals surface area (Å²) in [5, 5.41) is 6.65. The molecule has 160 valence electrons. The molecular formula is C21H31FIN5O. The molecule has 0 amide bonds. The van der Waals surface area contributed by atoms with E-state index in [2.05, 4.69) is 20.5 Å². The zero-order valence-corrected chi connectivity index (χ0v) is 19.7. The number of nitrogens with zero attached hydrogens (tertiary/aromatic N) is 3. The van der Waals surface area contributed by atoms with Crippen LogP contribution >= 0.6 is 24.0 Å². The molecule has 8 heteroatoms. The van der Waals surface area contributed by atoms with Gasteiger partial charge in [-0.1, -0.05) is 6.07 Å². The molecule has 2 aromatic rings. The summed E-state index contributed by atoms with van der Waals surface area (Å²) in [6.45, 7) is 3.35. The van der Waals surface area contributed by atoms with Crippen molar-refractivity contribution in [2.45, 2.75) is 25.4 Å². The van der Waals surface area contributed by atoms with Crippen molar-refractivity contribution in [1.29, 1.82) is 0 Å². The van der Waals surface area contributed by atoms with E-state index in [4.69, 9.17) is 4.42 Å². The van der Waals surface area contributed by atoms with Crippen LogP contribution < -0.4 is 15.5 Å². The summed E-state index contributed by atoms with van der Waals surface area (Å²) >= 11 is 0. The highest BCUT2D eigenvalue weighted by Gasteiger charge is 2.25. The molecule has 1 saturated heterocycles. The van der Waals surface area contributed by atoms with Crippen LogP contribution in [0.5, 0.6) is 0 Å². The fourth-order valence-corrected chi connectivity index (χ4v) is 3.57. The van der Waals surface area contributed by atoms with Gasteiger partial charge in [-0.3, -0.25) is 9.89 Å². The SMILES string of the molecule is CN=C(NCc1ccc(N(C)C)c(F)c1)NCC(c1ccco1)N1CCCC1.I. The topological polar surface area (TPSA) is 56.0 Å². The van der Waals surface area contributed by atoms with Crippen LogP contribution in [0.4, 0.5) is 10.1 Å². The molecule has 0 radical (unpaired) electrons. The van der Waals surface area contributed by atoms with Crippen molar-refractivity contribution in [2.75, 3.05) is 45.7 Å². The van der Waals surface area contributed by atoms with E-state index >= 15 is 0 Å². The minimum atomic E-state index is -0.223. The van der Waals surface area contributed by atoms with Gasteiger partial charge in [0.25, 0.3) is 0 Å². The van der Waals surface area contributed by atoms with Crippen molar-refractivity contribution in [3.8, 4) is 0 Å². The van der Waals surface area contributed by atoms with Gasteiger partial charge in [0.05, 0.1) is 18.0 Å². The Hall–Kier alpha value is -1.81. The number of anilines is 1. The van der Waals surface area contributed by atoms with Gasteiger partial charge >= 0.3 is 0 Å². The Bertz CT molecular complexity index is 775. The van der Waals surface area contributed by atoms with Crippen LogP contribution in [-0.2, 0) is 6.54 Å². The number of rotatable bonds is 7. The number of hydrogen-bond acceptors (Lipinski definition) is 4. The number of guanidine groups is 1. The fraction of sp³-hybridized carbons (Fsp3) is 0.476. The van der Waals surface area contributed by atoms with Crippen LogP contribution in [0.15, 0.2) is 46.0 Å². The first-order valence-corrected chi connectivity index (χ1v) is 9.76. The molecule has 1 fully saturated rings. The predicted molar refractivity (Wildman–Crippen MR) is 127 cm³/mol. The summed E-state index contributed by atoms with van der Waals surface area (Å²) in [4.78, 5) is 8.50. The summed E-state index contributed by atoms with van der Waals surface area (Å²) in [7, 11) is 5.40. The van der Waals surface area contributed by atoms with Crippen molar-refractivity contribution >= 4 is 35.6 Å². The van der Waals surface area contributed by atoms with Gasteiger partial charge in [0.2, 0.25) is 0 Å². The van der Waals surface area contributed by atoms with E-state index in [1.807, 2.05) is 32.3 Å². The second-order valence-electron chi connectivity index (χ2n) is 7.26. The number of aliphatic imine (C=N–C) groups is 1. The predicted octanol–water partition coefficient (Wildman–Crippen LogP) is 3.60. The smallest absolute Gasteiger partial charge is 0.191 e. The molecule has 1 aromatic carbocycles. The van der Waals surface area contributed by atoms with Gasteiger partial charge < -0.3 is 20.0 Å². The molecule has 1 aliphatic rings. The van der Waals surface area contributed by atoms with E-state index in [1.54, 1.807) is 30.3 Å². The lowest BCUT2D eigenvalue weighted by Crippen LogP contribution is -2.42. The lowest BCUT2D eigenvalue weighted by Gasteiger charge is -2.26. The molecule has 0 saturated carbocycles. The minimum absolute atomic E-state index is 0. The quantitative estimate of drug-likeness (QED) is 0.336. The lowest BCUT2D eigenvalue weighted by atomic mass is 10.2. The van der Waals surface area contributed by atoms with Crippen LogP contribution in [0.25, 0.3) is 0 Å². The Morgan fingerprint density at radius 3 is 2.59 bits per heavy atom. The molecular weight excluding hydrogens is 484 g/mol. The van der Waals surface area contributed by atoms with Gasteiger partial charge in [0.15, 0.2) is 5.96 Å². The zero-order valence-electron chi connectivity index (χ0n) is 17.3. The number of halogens is 2. The second-order valence-corrected chi connectivity index (χ2v) is 7.26. The maximum atomic E-state index is 14.2. The summed E-state index contributed by atoms with van der Waals surface area (Å²) in [5.74, 6) is 1.43. The van der Waals surface area contributed by atoms with Crippen molar-refractivity contribution < 1.29 is 8.81 Å². The van der Waals surface area contributed by atoms with E-state index in [-0.39, 0.29) is 35.8 Å². The van der Waals surface area contributed by atoms with Crippen molar-refractivity contribution in [1.82, 2.24) is 15.5 Å². The first-order chi connectivity index (χ1) is 13.6. The van der Waals surface area contributed by atoms with E-state index in [0.29, 0.717) is 24.7 Å². The molecule has 1 aromatic heterocycles. The van der Waals surface area contributed by atoms with Gasteiger partial charge in [0.1, 0.15) is 11.6 Å². The largest absolute Gasteiger partial charge is 0.468 e. The highest BCUT2D eigenvalue weighted by atomic mass is 127. The normalized spacial score (nSPS) is 15.7. The second kappa shape index (κ2) is 11.4. The zero-order chi connectivity index (χ0) is 19.9. The van der Waals surface area contributed by atoms with E-state index in [0.717, 1.165) is 24.4 Å². The third-order valence-electron chi connectivity index (χ3n) is 5.09. The molecule has 29 heavy (non-hydrogen) atoms. The van der Waals surface area contributed by atoms with Crippen LogP contribution in [0.3, 0.4) is 0 Å². The number of nitrogens with one attached hydrogen (secondary N) is 2. The molecule has 3 rings (SSSR count). The molecule has 0 bridgehead atoms. The molecule has 2 N–H and O–H groups in total. The Morgan fingerprint density at radius 1 is 1.24 bits per heavy atom. The summed E-state index contributed by atoms with van der Waals surface area (Å²) < 4.78 is 19.8. The molecule has 2 heterocycles. The van der Waals surface area contributed by atoms with E-state index in [1.165, 1.54) is 12.8 Å². The molecule has 1 atom stereocenters. The third kappa shape index (κ3) is 6.33. The highest BCUT2D eigenvalue weighted by Crippen LogP contribution is 2.24. The minimum Gasteiger partial charge on any atom is -0.468 e.